The van der Waals surface area contributed by atoms with E-state index in [2.05, 4.69) is 15.4 Å². The number of benzene rings is 2. The van der Waals surface area contributed by atoms with Crippen molar-refractivity contribution in [1.82, 2.24) is 20.1 Å². The van der Waals surface area contributed by atoms with Gasteiger partial charge in [-0.05, 0) is 43.0 Å². The highest BCUT2D eigenvalue weighted by molar-refractivity contribution is 7.17. The highest BCUT2D eigenvalue weighted by Crippen LogP contribution is 2.28. The zero-order valence-electron chi connectivity index (χ0n) is 20.3. The largest absolute Gasteiger partial charge is 0.372 e. The summed E-state index contributed by atoms with van der Waals surface area (Å²) in [4.78, 5) is 30.7. The van der Waals surface area contributed by atoms with Crippen LogP contribution >= 0.6 is 11.3 Å². The molecule has 0 radical (unpaired) electrons. The standard InChI is InChI=1S/C27H28N4O3S/c1-17-18(2)30-31(4)27(33)23(17)26-29-19(3)24(35-26)25(32)28-14-21-11-8-12-22(13-21)16-34-15-20-9-6-5-7-10-20/h5-13H,14-16H2,1-4H3,(H,28,32). The first-order chi connectivity index (χ1) is 16.8. The Morgan fingerprint density at radius 3 is 2.43 bits per heavy atom. The van der Waals surface area contributed by atoms with Crippen LogP contribution in [-0.4, -0.2) is 20.7 Å². The lowest BCUT2D eigenvalue weighted by Crippen LogP contribution is -2.23. The highest BCUT2D eigenvalue weighted by atomic mass is 32.1. The van der Waals surface area contributed by atoms with E-state index in [0.717, 1.165) is 27.9 Å². The molecule has 0 saturated heterocycles. The molecule has 4 aromatic rings. The van der Waals surface area contributed by atoms with Gasteiger partial charge in [0.1, 0.15) is 9.88 Å². The molecule has 2 aromatic carbocycles. The minimum Gasteiger partial charge on any atom is -0.372 e. The summed E-state index contributed by atoms with van der Waals surface area (Å²) in [5.74, 6) is -0.211. The van der Waals surface area contributed by atoms with Crippen molar-refractivity contribution in [2.24, 2.45) is 7.05 Å². The SMILES string of the molecule is Cc1nc(-c2c(C)c(C)nn(C)c2=O)sc1C(=O)NCc1cccc(COCc2ccccc2)c1. The number of amides is 1. The molecule has 0 aliphatic carbocycles. The molecule has 0 unspecified atom stereocenters. The fraction of sp³-hybridized carbons (Fsp3) is 0.259. The molecule has 0 fully saturated rings. The second-order valence-corrected chi connectivity index (χ2v) is 9.43. The molecule has 1 N–H and O–H groups in total. The molecule has 35 heavy (non-hydrogen) atoms. The topological polar surface area (TPSA) is 86.1 Å². The zero-order chi connectivity index (χ0) is 24.9. The third-order valence-corrected chi connectivity index (χ3v) is 6.94. The van der Waals surface area contributed by atoms with Crippen LogP contribution in [0.5, 0.6) is 0 Å². The van der Waals surface area contributed by atoms with Gasteiger partial charge in [0.25, 0.3) is 11.5 Å². The van der Waals surface area contributed by atoms with E-state index in [-0.39, 0.29) is 11.5 Å². The number of thiazole rings is 1. The molecule has 8 heteroatoms. The smallest absolute Gasteiger partial charge is 0.277 e. The Balaban J connectivity index is 1.41. The highest BCUT2D eigenvalue weighted by Gasteiger charge is 2.21. The van der Waals surface area contributed by atoms with E-state index in [4.69, 9.17) is 4.74 Å². The fourth-order valence-corrected chi connectivity index (χ4v) is 4.84. The van der Waals surface area contributed by atoms with Crippen LogP contribution in [0.4, 0.5) is 0 Å². The molecule has 2 aromatic heterocycles. The maximum atomic E-state index is 12.9. The molecule has 0 aliphatic rings. The van der Waals surface area contributed by atoms with Gasteiger partial charge >= 0.3 is 0 Å². The number of carbonyl (C=O) groups excluding carboxylic acids is 1. The predicted molar refractivity (Wildman–Crippen MR) is 137 cm³/mol. The fourth-order valence-electron chi connectivity index (χ4n) is 3.77. The summed E-state index contributed by atoms with van der Waals surface area (Å²) < 4.78 is 7.14. The number of hydrogen-bond donors (Lipinski definition) is 1. The Bertz CT molecular complexity index is 1410. The van der Waals surface area contributed by atoms with Crippen molar-refractivity contribution in [2.75, 3.05) is 0 Å². The average Bonchev–Trinajstić information content (AvgIpc) is 3.23. The van der Waals surface area contributed by atoms with E-state index in [1.807, 2.05) is 68.4 Å². The molecule has 0 bridgehead atoms. The first kappa shape index (κ1) is 24.5. The Hall–Kier alpha value is -3.62. The van der Waals surface area contributed by atoms with E-state index < -0.39 is 0 Å². The number of hydrogen-bond acceptors (Lipinski definition) is 6. The maximum absolute atomic E-state index is 12.9. The summed E-state index contributed by atoms with van der Waals surface area (Å²) in [5, 5.41) is 7.73. The van der Waals surface area contributed by atoms with E-state index in [0.29, 0.717) is 40.9 Å². The number of aromatic nitrogens is 3. The van der Waals surface area contributed by atoms with Crippen LogP contribution in [0.1, 0.15) is 43.3 Å². The zero-order valence-corrected chi connectivity index (χ0v) is 21.1. The molecule has 0 aliphatic heterocycles. The number of rotatable bonds is 8. The maximum Gasteiger partial charge on any atom is 0.277 e. The normalized spacial score (nSPS) is 11.0. The minimum atomic E-state index is -0.222. The van der Waals surface area contributed by atoms with Crippen molar-refractivity contribution in [3.05, 3.63) is 103 Å². The first-order valence-electron chi connectivity index (χ1n) is 11.3. The van der Waals surface area contributed by atoms with E-state index in [9.17, 15) is 9.59 Å². The van der Waals surface area contributed by atoms with Crippen molar-refractivity contribution in [3.63, 3.8) is 0 Å². The van der Waals surface area contributed by atoms with Crippen LogP contribution in [0.2, 0.25) is 0 Å². The van der Waals surface area contributed by atoms with Crippen molar-refractivity contribution in [2.45, 2.75) is 40.5 Å². The lowest BCUT2D eigenvalue weighted by Gasteiger charge is -2.08. The molecule has 4 rings (SSSR count). The first-order valence-corrected chi connectivity index (χ1v) is 12.1. The molecule has 0 atom stereocenters. The monoisotopic (exact) mass is 488 g/mol. The lowest BCUT2D eigenvalue weighted by molar-refractivity contribution is 0.0954. The summed E-state index contributed by atoms with van der Waals surface area (Å²) >= 11 is 1.23. The van der Waals surface area contributed by atoms with Crippen LogP contribution in [0.25, 0.3) is 10.6 Å². The number of nitrogens with one attached hydrogen (secondary N) is 1. The molecule has 2 heterocycles. The molecule has 7 nitrogen and oxygen atoms in total. The Morgan fingerprint density at radius 1 is 0.971 bits per heavy atom. The van der Waals surface area contributed by atoms with Crippen LogP contribution < -0.4 is 10.9 Å². The second kappa shape index (κ2) is 10.8. The quantitative estimate of drug-likeness (QED) is 0.395. The molecule has 180 valence electrons. The van der Waals surface area contributed by atoms with Gasteiger partial charge in [-0.25, -0.2) is 9.67 Å². The molecule has 0 spiro atoms. The summed E-state index contributed by atoms with van der Waals surface area (Å²) in [6.07, 6.45) is 0. The van der Waals surface area contributed by atoms with Crippen LogP contribution in [0.15, 0.2) is 59.4 Å². The molecular formula is C27H28N4O3S. The molecule has 1 amide bonds. The Labute approximate surface area is 208 Å². The van der Waals surface area contributed by atoms with Gasteiger partial charge < -0.3 is 10.1 Å². The number of aryl methyl sites for hydroxylation is 3. The minimum absolute atomic E-state index is 0.211. The van der Waals surface area contributed by atoms with Crippen molar-refractivity contribution < 1.29 is 9.53 Å². The third kappa shape index (κ3) is 5.72. The van der Waals surface area contributed by atoms with Gasteiger partial charge in [-0.3, -0.25) is 9.59 Å². The van der Waals surface area contributed by atoms with Gasteiger partial charge in [-0.15, -0.1) is 11.3 Å². The lowest BCUT2D eigenvalue weighted by atomic mass is 10.1. The van der Waals surface area contributed by atoms with Gasteiger partial charge in [0.2, 0.25) is 0 Å². The summed E-state index contributed by atoms with van der Waals surface area (Å²) in [7, 11) is 1.62. The van der Waals surface area contributed by atoms with E-state index >= 15 is 0 Å². The number of nitrogens with zero attached hydrogens (tertiary/aromatic N) is 3. The van der Waals surface area contributed by atoms with Crippen molar-refractivity contribution in [3.8, 4) is 10.6 Å². The average molecular weight is 489 g/mol. The van der Waals surface area contributed by atoms with E-state index in [1.54, 1.807) is 14.0 Å². The van der Waals surface area contributed by atoms with Crippen LogP contribution in [0, 0.1) is 20.8 Å². The molecular weight excluding hydrogens is 460 g/mol. The summed E-state index contributed by atoms with van der Waals surface area (Å²) in [6.45, 7) is 6.92. The van der Waals surface area contributed by atoms with Gasteiger partial charge in [0, 0.05) is 13.6 Å². The molecule has 0 saturated carbocycles. The van der Waals surface area contributed by atoms with Crippen LogP contribution in [-0.2, 0) is 31.5 Å². The van der Waals surface area contributed by atoms with Gasteiger partial charge in [-0.2, -0.15) is 5.10 Å². The van der Waals surface area contributed by atoms with Gasteiger partial charge in [0.15, 0.2) is 0 Å². The van der Waals surface area contributed by atoms with E-state index in [1.165, 1.54) is 16.0 Å². The van der Waals surface area contributed by atoms with Crippen molar-refractivity contribution >= 4 is 17.2 Å². The number of ether oxygens (including phenoxy) is 1. The number of carbonyl (C=O) groups is 1. The van der Waals surface area contributed by atoms with Crippen molar-refractivity contribution in [1.29, 1.82) is 0 Å². The third-order valence-electron chi connectivity index (χ3n) is 5.77. The Kier molecular flexibility index (Phi) is 7.53. The summed E-state index contributed by atoms with van der Waals surface area (Å²) in [6, 6.07) is 18.0. The Morgan fingerprint density at radius 2 is 1.66 bits per heavy atom. The summed E-state index contributed by atoms with van der Waals surface area (Å²) in [5.41, 5.74) is 5.56. The van der Waals surface area contributed by atoms with Gasteiger partial charge in [-0.1, -0.05) is 54.6 Å². The predicted octanol–water partition coefficient (Wildman–Crippen LogP) is 4.48. The van der Waals surface area contributed by atoms with Gasteiger partial charge in [0.05, 0.1) is 30.2 Å². The van der Waals surface area contributed by atoms with Crippen LogP contribution in [0.3, 0.4) is 0 Å². The second-order valence-electron chi connectivity index (χ2n) is 8.43.